The molecule has 1 heterocycles. The van der Waals surface area contributed by atoms with E-state index in [0.29, 0.717) is 23.8 Å². The zero-order valence-corrected chi connectivity index (χ0v) is 14.3. The smallest absolute Gasteiger partial charge is 0.133 e. The molecule has 0 saturated carbocycles. The van der Waals surface area contributed by atoms with Crippen molar-refractivity contribution in [2.45, 2.75) is 32.5 Å². The third-order valence-electron chi connectivity index (χ3n) is 3.27. The normalized spacial score (nSPS) is 23.8. The van der Waals surface area contributed by atoms with Crippen molar-refractivity contribution in [3.05, 3.63) is 27.7 Å². The first-order valence-electron chi connectivity index (χ1n) is 7.00. The predicted octanol–water partition coefficient (Wildman–Crippen LogP) is 3.98. The Bertz CT molecular complexity index is 434. The van der Waals surface area contributed by atoms with Gasteiger partial charge < -0.3 is 9.47 Å². The van der Waals surface area contributed by atoms with Crippen LogP contribution in [0.2, 0.25) is 5.02 Å². The first kappa shape index (κ1) is 16.1. The topological polar surface area (TPSA) is 21.7 Å². The van der Waals surface area contributed by atoms with Crippen molar-refractivity contribution < 1.29 is 9.47 Å². The molecule has 1 fully saturated rings. The van der Waals surface area contributed by atoms with Gasteiger partial charge in [0.2, 0.25) is 0 Å². The van der Waals surface area contributed by atoms with Crippen molar-refractivity contribution in [3.8, 4) is 5.75 Å². The molecule has 0 aromatic heterocycles. The number of nitrogens with zero attached hydrogens (tertiary/aromatic N) is 1. The number of benzene rings is 1. The lowest BCUT2D eigenvalue weighted by Gasteiger charge is -2.35. The molecule has 1 aliphatic heterocycles. The Morgan fingerprint density at radius 3 is 2.70 bits per heavy atom. The molecular formula is C15H21BrClNO2. The average Bonchev–Trinajstić information content (AvgIpc) is 2.35. The summed E-state index contributed by atoms with van der Waals surface area (Å²) in [4.78, 5) is 2.44. The molecule has 0 spiro atoms. The van der Waals surface area contributed by atoms with Crippen LogP contribution in [0.4, 0.5) is 0 Å². The SMILES string of the molecule is CC1CN(CCCOc2ccc(Cl)cc2Br)CC(C)O1. The van der Waals surface area contributed by atoms with Crippen molar-refractivity contribution in [1.29, 1.82) is 0 Å². The van der Waals surface area contributed by atoms with Crippen LogP contribution in [0.25, 0.3) is 0 Å². The van der Waals surface area contributed by atoms with E-state index in [-0.39, 0.29) is 0 Å². The average molecular weight is 363 g/mol. The molecule has 0 bridgehead atoms. The second kappa shape index (κ2) is 7.64. The first-order chi connectivity index (χ1) is 9.54. The highest BCUT2D eigenvalue weighted by atomic mass is 79.9. The van der Waals surface area contributed by atoms with Crippen molar-refractivity contribution in [2.24, 2.45) is 0 Å². The molecule has 112 valence electrons. The summed E-state index contributed by atoms with van der Waals surface area (Å²) in [5.74, 6) is 0.845. The van der Waals surface area contributed by atoms with Crippen LogP contribution in [0.15, 0.2) is 22.7 Å². The van der Waals surface area contributed by atoms with Crippen molar-refractivity contribution in [1.82, 2.24) is 4.90 Å². The molecule has 2 unspecified atom stereocenters. The molecule has 0 amide bonds. The van der Waals surface area contributed by atoms with Gasteiger partial charge in [-0.25, -0.2) is 0 Å². The molecule has 1 aromatic rings. The Balaban J connectivity index is 1.71. The summed E-state index contributed by atoms with van der Waals surface area (Å²) < 4.78 is 12.4. The summed E-state index contributed by atoms with van der Waals surface area (Å²) in [5.41, 5.74) is 0. The summed E-state index contributed by atoms with van der Waals surface area (Å²) >= 11 is 9.36. The van der Waals surface area contributed by atoms with Crippen LogP contribution >= 0.6 is 27.5 Å². The summed E-state index contributed by atoms with van der Waals surface area (Å²) in [6, 6.07) is 5.58. The fourth-order valence-electron chi connectivity index (χ4n) is 2.53. The minimum absolute atomic E-state index is 0.324. The predicted molar refractivity (Wildman–Crippen MR) is 85.7 cm³/mol. The monoisotopic (exact) mass is 361 g/mol. The van der Waals surface area contributed by atoms with Gasteiger partial charge in [0.15, 0.2) is 0 Å². The zero-order valence-electron chi connectivity index (χ0n) is 11.9. The van der Waals surface area contributed by atoms with Crippen molar-refractivity contribution in [3.63, 3.8) is 0 Å². The van der Waals surface area contributed by atoms with E-state index in [2.05, 4.69) is 34.7 Å². The lowest BCUT2D eigenvalue weighted by atomic mass is 10.2. The molecule has 20 heavy (non-hydrogen) atoms. The van der Waals surface area contributed by atoms with Gasteiger partial charge >= 0.3 is 0 Å². The lowest BCUT2D eigenvalue weighted by molar-refractivity contribution is -0.0686. The van der Waals surface area contributed by atoms with Gasteiger partial charge in [-0.15, -0.1) is 0 Å². The minimum atomic E-state index is 0.324. The van der Waals surface area contributed by atoms with Gasteiger partial charge in [-0.05, 0) is 54.4 Å². The highest BCUT2D eigenvalue weighted by Crippen LogP contribution is 2.28. The molecule has 0 N–H and O–H groups in total. The van der Waals surface area contributed by atoms with E-state index < -0.39 is 0 Å². The first-order valence-corrected chi connectivity index (χ1v) is 8.17. The van der Waals surface area contributed by atoms with Crippen LogP contribution < -0.4 is 4.74 Å². The minimum Gasteiger partial charge on any atom is -0.492 e. The van der Waals surface area contributed by atoms with E-state index in [1.54, 1.807) is 0 Å². The quantitative estimate of drug-likeness (QED) is 0.740. The molecule has 5 heteroatoms. The van der Waals surface area contributed by atoms with Gasteiger partial charge in [0.25, 0.3) is 0 Å². The van der Waals surface area contributed by atoms with Gasteiger partial charge in [-0.2, -0.15) is 0 Å². The van der Waals surface area contributed by atoms with Gasteiger partial charge in [0.1, 0.15) is 5.75 Å². The van der Waals surface area contributed by atoms with E-state index in [1.807, 2.05) is 18.2 Å². The number of hydrogen-bond donors (Lipinski definition) is 0. The standard InChI is InChI=1S/C15H21BrClNO2/c1-11-9-18(10-12(2)20-11)6-3-7-19-15-5-4-13(17)8-14(15)16/h4-5,8,11-12H,3,6-7,9-10H2,1-2H3. The van der Waals surface area contributed by atoms with Gasteiger partial charge in [-0.1, -0.05) is 11.6 Å². The van der Waals surface area contributed by atoms with Crippen LogP contribution in [0, 0.1) is 0 Å². The Labute approximate surface area is 134 Å². The molecule has 1 aliphatic rings. The van der Waals surface area contributed by atoms with Crippen LogP contribution in [0.1, 0.15) is 20.3 Å². The molecule has 3 nitrogen and oxygen atoms in total. The molecule has 2 atom stereocenters. The zero-order chi connectivity index (χ0) is 14.5. The van der Waals surface area contributed by atoms with E-state index in [0.717, 1.165) is 36.3 Å². The van der Waals surface area contributed by atoms with Crippen molar-refractivity contribution in [2.75, 3.05) is 26.2 Å². The molecule has 1 saturated heterocycles. The Morgan fingerprint density at radius 1 is 1.35 bits per heavy atom. The van der Waals surface area contributed by atoms with E-state index >= 15 is 0 Å². The Hall–Kier alpha value is -0.290. The van der Waals surface area contributed by atoms with Gasteiger partial charge in [0.05, 0.1) is 23.3 Å². The summed E-state index contributed by atoms with van der Waals surface area (Å²) in [7, 11) is 0. The Morgan fingerprint density at radius 2 is 2.05 bits per heavy atom. The second-order valence-electron chi connectivity index (χ2n) is 5.29. The molecule has 2 rings (SSSR count). The van der Waals surface area contributed by atoms with Crippen molar-refractivity contribution >= 4 is 27.5 Å². The molecule has 0 aliphatic carbocycles. The number of halogens is 2. The summed E-state index contributed by atoms with van der Waals surface area (Å²) in [6.45, 7) is 8.03. The molecule has 1 aromatic carbocycles. The number of morpholine rings is 1. The lowest BCUT2D eigenvalue weighted by Crippen LogP contribution is -2.45. The van der Waals surface area contributed by atoms with Crippen LogP contribution in [-0.2, 0) is 4.74 Å². The third-order valence-corrected chi connectivity index (χ3v) is 4.12. The third kappa shape index (κ3) is 4.92. The van der Waals surface area contributed by atoms with Crippen LogP contribution in [-0.4, -0.2) is 43.3 Å². The number of hydrogen-bond acceptors (Lipinski definition) is 3. The highest BCUT2D eigenvalue weighted by Gasteiger charge is 2.21. The molecular weight excluding hydrogens is 342 g/mol. The van der Waals surface area contributed by atoms with E-state index in [4.69, 9.17) is 21.1 Å². The fraction of sp³-hybridized carbons (Fsp3) is 0.600. The van der Waals surface area contributed by atoms with Crippen LogP contribution in [0.5, 0.6) is 5.75 Å². The summed E-state index contributed by atoms with van der Waals surface area (Å²) in [5, 5.41) is 0.709. The second-order valence-corrected chi connectivity index (χ2v) is 6.58. The Kier molecular flexibility index (Phi) is 6.15. The molecule has 0 radical (unpaired) electrons. The maximum Gasteiger partial charge on any atom is 0.133 e. The number of rotatable bonds is 5. The van der Waals surface area contributed by atoms with E-state index in [9.17, 15) is 0 Å². The fourth-order valence-corrected chi connectivity index (χ4v) is 3.33. The highest BCUT2D eigenvalue weighted by molar-refractivity contribution is 9.10. The van der Waals surface area contributed by atoms with Gasteiger partial charge in [0, 0.05) is 24.7 Å². The maximum atomic E-state index is 5.90. The number of ether oxygens (including phenoxy) is 2. The van der Waals surface area contributed by atoms with E-state index in [1.165, 1.54) is 0 Å². The largest absolute Gasteiger partial charge is 0.492 e. The van der Waals surface area contributed by atoms with Crippen LogP contribution in [0.3, 0.4) is 0 Å². The van der Waals surface area contributed by atoms with Gasteiger partial charge in [-0.3, -0.25) is 4.90 Å². The summed E-state index contributed by atoms with van der Waals surface area (Å²) in [6.07, 6.45) is 1.66. The maximum absolute atomic E-state index is 5.90.